The number of thioether (sulfide) groups is 1. The first-order valence-corrected chi connectivity index (χ1v) is 5.73. The van der Waals surface area contributed by atoms with Gasteiger partial charge in [-0.15, -0.1) is 0 Å². The van der Waals surface area contributed by atoms with Crippen molar-refractivity contribution in [2.75, 3.05) is 11.5 Å². The fourth-order valence-corrected chi connectivity index (χ4v) is 4.51. The first-order valence-electron chi connectivity index (χ1n) is 2.15. The summed E-state index contributed by atoms with van der Waals surface area (Å²) in [6.07, 6.45) is 0. The molecule has 0 N–H and O–H groups in total. The van der Waals surface area contributed by atoms with E-state index in [1.54, 1.807) is 0 Å². The Labute approximate surface area is 49.2 Å². The molecule has 1 heterocycles. The summed E-state index contributed by atoms with van der Waals surface area (Å²) in [5.41, 5.74) is 0. The van der Waals surface area contributed by atoms with Crippen LogP contribution in [0.5, 0.6) is 0 Å². The Bertz CT molecular complexity index is 23.0. The topological polar surface area (TPSA) is 0 Å². The van der Waals surface area contributed by atoms with E-state index in [4.69, 9.17) is 0 Å². The van der Waals surface area contributed by atoms with Crippen LogP contribution in [0.25, 0.3) is 0 Å². The molecule has 0 saturated carbocycles. The van der Waals surface area contributed by atoms with Crippen molar-refractivity contribution < 1.29 is 0 Å². The summed E-state index contributed by atoms with van der Waals surface area (Å²) in [6, 6.07) is 0. The maximum absolute atomic E-state index is 2.11. The molecule has 0 aromatic carbocycles. The molecule has 0 amide bonds. The van der Waals surface area contributed by atoms with Crippen LogP contribution in [0.3, 0.4) is 0 Å². The van der Waals surface area contributed by atoms with Crippen molar-refractivity contribution in [2.45, 2.75) is 10.6 Å². The molecule has 0 aromatic rings. The van der Waals surface area contributed by atoms with Crippen molar-refractivity contribution in [1.82, 2.24) is 0 Å². The molecule has 1 rings (SSSR count). The third-order valence-corrected chi connectivity index (χ3v) is 4.96. The molecule has 0 aliphatic carbocycles. The van der Waals surface area contributed by atoms with Gasteiger partial charge in [-0.25, -0.2) is 0 Å². The summed E-state index contributed by atoms with van der Waals surface area (Å²) in [6.45, 7) is 0. The summed E-state index contributed by atoms with van der Waals surface area (Å²) >= 11 is 3.14. The van der Waals surface area contributed by atoms with Gasteiger partial charge in [0, 0.05) is 0 Å². The second kappa shape index (κ2) is 2.95. The van der Waals surface area contributed by atoms with Gasteiger partial charge in [0.25, 0.3) is 0 Å². The SMILES string of the molecule is C1C[Se]CCS1. The van der Waals surface area contributed by atoms with Crippen molar-refractivity contribution >= 4 is 26.7 Å². The predicted molar refractivity (Wildman–Crippen MR) is 32.7 cm³/mol. The van der Waals surface area contributed by atoms with Crippen LogP contribution in [0.4, 0.5) is 0 Å². The Morgan fingerprint density at radius 2 is 1.83 bits per heavy atom. The van der Waals surface area contributed by atoms with Crippen LogP contribution in [0, 0.1) is 0 Å². The minimum atomic E-state index is 1.03. The van der Waals surface area contributed by atoms with E-state index in [1.165, 1.54) is 22.1 Å². The van der Waals surface area contributed by atoms with Gasteiger partial charge < -0.3 is 0 Å². The molecule has 2 heteroatoms. The third-order valence-electron chi connectivity index (χ3n) is 0.744. The van der Waals surface area contributed by atoms with E-state index in [-0.39, 0.29) is 0 Å². The molecule has 6 heavy (non-hydrogen) atoms. The van der Waals surface area contributed by atoms with E-state index in [9.17, 15) is 0 Å². The van der Waals surface area contributed by atoms with Crippen LogP contribution >= 0.6 is 11.8 Å². The van der Waals surface area contributed by atoms with Gasteiger partial charge in [-0.3, -0.25) is 0 Å². The zero-order valence-corrected chi connectivity index (χ0v) is 6.17. The molecule has 0 aromatic heterocycles. The zero-order chi connectivity index (χ0) is 4.24. The first-order chi connectivity index (χ1) is 3.00. The number of hydrogen-bond donors (Lipinski definition) is 0. The van der Waals surface area contributed by atoms with Crippen LogP contribution < -0.4 is 0 Å². The quantitative estimate of drug-likeness (QED) is 0.489. The Morgan fingerprint density at radius 1 is 1.17 bits per heavy atom. The van der Waals surface area contributed by atoms with E-state index in [1.807, 2.05) is 0 Å². The molecule has 1 aliphatic heterocycles. The van der Waals surface area contributed by atoms with Gasteiger partial charge in [-0.1, -0.05) is 0 Å². The monoisotopic (exact) mass is 168 g/mol. The molecule has 0 radical (unpaired) electrons. The van der Waals surface area contributed by atoms with Crippen molar-refractivity contribution in [3.8, 4) is 0 Å². The molecule has 0 bridgehead atoms. The zero-order valence-electron chi connectivity index (χ0n) is 3.64. The summed E-state index contributed by atoms with van der Waals surface area (Å²) in [5.74, 6) is 2.89. The summed E-state index contributed by atoms with van der Waals surface area (Å²) in [4.78, 5) is 0. The number of hydrogen-bond acceptors (Lipinski definition) is 1. The van der Waals surface area contributed by atoms with E-state index >= 15 is 0 Å². The molecule has 1 aliphatic rings. The molecular formula is C4H8SSe. The average Bonchev–Trinajstić information content (AvgIpc) is 1.72. The molecule has 0 atom stereocenters. The minimum absolute atomic E-state index is 1.03. The van der Waals surface area contributed by atoms with Crippen molar-refractivity contribution in [2.24, 2.45) is 0 Å². The van der Waals surface area contributed by atoms with Crippen molar-refractivity contribution in [3.63, 3.8) is 0 Å². The van der Waals surface area contributed by atoms with Crippen LogP contribution in [0.15, 0.2) is 0 Å². The molecule has 36 valence electrons. The third kappa shape index (κ3) is 1.55. The number of rotatable bonds is 0. The van der Waals surface area contributed by atoms with Gasteiger partial charge in [-0.2, -0.15) is 0 Å². The van der Waals surface area contributed by atoms with Crippen LogP contribution in [0.1, 0.15) is 0 Å². The van der Waals surface area contributed by atoms with Crippen molar-refractivity contribution in [1.29, 1.82) is 0 Å². The van der Waals surface area contributed by atoms with E-state index in [2.05, 4.69) is 11.8 Å². The van der Waals surface area contributed by atoms with Gasteiger partial charge in [0.2, 0.25) is 0 Å². The van der Waals surface area contributed by atoms with Crippen molar-refractivity contribution in [3.05, 3.63) is 0 Å². The van der Waals surface area contributed by atoms with Crippen LogP contribution in [0.2, 0.25) is 10.6 Å². The summed E-state index contributed by atoms with van der Waals surface area (Å²) in [7, 11) is 0. The van der Waals surface area contributed by atoms with Crippen LogP contribution in [-0.4, -0.2) is 26.5 Å². The van der Waals surface area contributed by atoms with Gasteiger partial charge >= 0.3 is 48.9 Å². The normalized spacial score (nSPS) is 24.0. The molecule has 0 spiro atoms. The second-order valence-corrected chi connectivity index (χ2v) is 5.02. The van der Waals surface area contributed by atoms with Gasteiger partial charge in [0.15, 0.2) is 0 Å². The summed E-state index contributed by atoms with van der Waals surface area (Å²) in [5, 5.41) is 3.05. The molecule has 1 saturated heterocycles. The summed E-state index contributed by atoms with van der Waals surface area (Å²) < 4.78 is 0. The standard InChI is InChI=1S/C4H8SSe/c1-3-6-4-2-5-1/h1-4H2. The van der Waals surface area contributed by atoms with E-state index in [0.29, 0.717) is 0 Å². The molecular weight excluding hydrogens is 159 g/mol. The Kier molecular flexibility index (Phi) is 2.47. The average molecular weight is 167 g/mol. The Balaban J connectivity index is 2.00. The molecule has 0 unspecified atom stereocenters. The predicted octanol–water partition coefficient (Wildman–Crippen LogP) is 1.27. The Morgan fingerprint density at radius 3 is 2.00 bits per heavy atom. The van der Waals surface area contributed by atoms with Gasteiger partial charge in [0.1, 0.15) is 0 Å². The second-order valence-electron chi connectivity index (χ2n) is 1.22. The van der Waals surface area contributed by atoms with Gasteiger partial charge in [-0.05, 0) is 0 Å². The molecule has 0 nitrogen and oxygen atoms in total. The van der Waals surface area contributed by atoms with E-state index < -0.39 is 0 Å². The fourth-order valence-electron chi connectivity index (χ4n) is 0.440. The first kappa shape index (κ1) is 5.02. The molecule has 1 fully saturated rings. The Hall–Kier alpha value is 0.869. The maximum atomic E-state index is 2.11. The van der Waals surface area contributed by atoms with E-state index in [0.717, 1.165) is 15.0 Å². The van der Waals surface area contributed by atoms with Crippen LogP contribution in [-0.2, 0) is 0 Å². The fraction of sp³-hybridized carbons (Fsp3) is 1.00. The van der Waals surface area contributed by atoms with Gasteiger partial charge in [0.05, 0.1) is 0 Å².